The van der Waals surface area contributed by atoms with Crippen molar-refractivity contribution in [3.05, 3.63) is 41.4 Å². The number of carbonyl (C=O) groups excluding carboxylic acids is 2. The molecule has 0 bridgehead atoms. The highest BCUT2D eigenvalue weighted by Crippen LogP contribution is 2.30. The predicted molar refractivity (Wildman–Crippen MR) is 88.3 cm³/mol. The van der Waals surface area contributed by atoms with Crippen LogP contribution in [0.4, 0.5) is 15.6 Å². The first-order valence-corrected chi connectivity index (χ1v) is 7.82. The largest absolute Gasteiger partial charge is 0.464 e. The van der Waals surface area contributed by atoms with Crippen LogP contribution >= 0.6 is 11.3 Å². The smallest absolute Gasteiger partial charge is 0.421 e. The summed E-state index contributed by atoms with van der Waals surface area (Å²) < 4.78 is 10.1. The number of thiazole rings is 1. The van der Waals surface area contributed by atoms with E-state index in [0.717, 1.165) is 11.3 Å². The maximum atomic E-state index is 12.6. The van der Waals surface area contributed by atoms with Crippen LogP contribution in [0.3, 0.4) is 0 Å². The van der Waals surface area contributed by atoms with Crippen molar-refractivity contribution in [1.82, 2.24) is 4.98 Å². The monoisotopic (exact) mass is 334 g/mol. The fourth-order valence-corrected chi connectivity index (χ4v) is 2.55. The molecule has 1 amide bonds. The SMILES string of the molecule is COC(=O)c1csc(N(C(=O)OC(C)(C)C)c2ccccc2)n1. The minimum Gasteiger partial charge on any atom is -0.464 e. The van der Waals surface area contributed by atoms with Crippen LogP contribution in [-0.2, 0) is 9.47 Å². The van der Waals surface area contributed by atoms with Crippen LogP contribution in [0.25, 0.3) is 0 Å². The van der Waals surface area contributed by atoms with Crippen LogP contribution in [0.2, 0.25) is 0 Å². The van der Waals surface area contributed by atoms with E-state index in [0.29, 0.717) is 10.8 Å². The molecule has 0 aliphatic heterocycles. The van der Waals surface area contributed by atoms with Crippen LogP contribution in [0.1, 0.15) is 31.3 Å². The summed E-state index contributed by atoms with van der Waals surface area (Å²) in [7, 11) is 1.28. The molecule has 1 aromatic carbocycles. The summed E-state index contributed by atoms with van der Waals surface area (Å²) in [6.45, 7) is 5.36. The molecule has 2 rings (SSSR count). The first-order valence-electron chi connectivity index (χ1n) is 6.94. The highest BCUT2D eigenvalue weighted by atomic mass is 32.1. The van der Waals surface area contributed by atoms with Gasteiger partial charge in [0.05, 0.1) is 12.8 Å². The summed E-state index contributed by atoms with van der Waals surface area (Å²) in [5.74, 6) is -0.551. The van der Waals surface area contributed by atoms with Gasteiger partial charge in [-0.05, 0) is 32.9 Å². The minimum absolute atomic E-state index is 0.150. The van der Waals surface area contributed by atoms with Crippen LogP contribution in [0.15, 0.2) is 35.7 Å². The van der Waals surface area contributed by atoms with Gasteiger partial charge >= 0.3 is 12.1 Å². The number of nitrogens with zero attached hydrogens (tertiary/aromatic N) is 2. The molecule has 0 radical (unpaired) electrons. The second-order valence-corrected chi connectivity index (χ2v) is 6.49. The van der Waals surface area contributed by atoms with Crippen LogP contribution in [0, 0.1) is 0 Å². The Balaban J connectivity index is 2.40. The third kappa shape index (κ3) is 4.29. The molecule has 122 valence electrons. The van der Waals surface area contributed by atoms with Crippen molar-refractivity contribution in [3.8, 4) is 0 Å². The zero-order valence-corrected chi connectivity index (χ0v) is 14.2. The number of amides is 1. The lowest BCUT2D eigenvalue weighted by atomic mass is 10.2. The topological polar surface area (TPSA) is 68.7 Å². The number of aromatic nitrogens is 1. The van der Waals surface area contributed by atoms with E-state index in [2.05, 4.69) is 9.72 Å². The van der Waals surface area contributed by atoms with Gasteiger partial charge in [0.2, 0.25) is 0 Å². The third-order valence-electron chi connectivity index (χ3n) is 2.67. The van der Waals surface area contributed by atoms with E-state index in [4.69, 9.17) is 4.74 Å². The van der Waals surface area contributed by atoms with Gasteiger partial charge in [-0.2, -0.15) is 0 Å². The molecule has 0 aliphatic carbocycles. The third-order valence-corrected chi connectivity index (χ3v) is 3.49. The van der Waals surface area contributed by atoms with Crippen LogP contribution in [-0.4, -0.2) is 29.8 Å². The van der Waals surface area contributed by atoms with Crippen molar-refractivity contribution in [2.75, 3.05) is 12.0 Å². The first kappa shape index (κ1) is 17.0. The lowest BCUT2D eigenvalue weighted by Gasteiger charge is -2.25. The van der Waals surface area contributed by atoms with Crippen molar-refractivity contribution in [1.29, 1.82) is 0 Å². The minimum atomic E-state index is -0.646. The number of carbonyl (C=O) groups is 2. The number of hydrogen-bond acceptors (Lipinski definition) is 6. The van der Waals surface area contributed by atoms with E-state index in [1.165, 1.54) is 12.0 Å². The van der Waals surface area contributed by atoms with Crippen molar-refractivity contribution >= 4 is 34.2 Å². The molecule has 23 heavy (non-hydrogen) atoms. The van der Waals surface area contributed by atoms with Gasteiger partial charge in [-0.3, -0.25) is 0 Å². The summed E-state index contributed by atoms with van der Waals surface area (Å²) >= 11 is 1.16. The van der Waals surface area contributed by atoms with Gasteiger partial charge in [0.25, 0.3) is 0 Å². The van der Waals surface area contributed by atoms with E-state index in [1.54, 1.807) is 38.3 Å². The number of ether oxygens (including phenoxy) is 2. The first-order chi connectivity index (χ1) is 10.8. The van der Waals surface area contributed by atoms with Crippen LogP contribution in [0.5, 0.6) is 0 Å². The Morgan fingerprint density at radius 2 is 1.83 bits per heavy atom. The molecule has 0 saturated heterocycles. The summed E-state index contributed by atoms with van der Waals surface area (Å²) in [4.78, 5) is 29.6. The Morgan fingerprint density at radius 1 is 1.17 bits per heavy atom. The number of hydrogen-bond donors (Lipinski definition) is 0. The average Bonchev–Trinajstić information content (AvgIpc) is 2.95. The quantitative estimate of drug-likeness (QED) is 0.794. The zero-order chi connectivity index (χ0) is 17.0. The number of esters is 1. The molecule has 2 aromatic rings. The maximum Gasteiger partial charge on any atom is 0.421 e. The second-order valence-electron chi connectivity index (χ2n) is 5.66. The van der Waals surface area contributed by atoms with E-state index in [-0.39, 0.29) is 5.69 Å². The Kier molecular flexibility index (Phi) is 5.00. The van der Waals surface area contributed by atoms with Crippen molar-refractivity contribution in [3.63, 3.8) is 0 Å². The van der Waals surface area contributed by atoms with E-state index >= 15 is 0 Å². The molecule has 0 unspecified atom stereocenters. The fraction of sp³-hybridized carbons (Fsp3) is 0.312. The number of anilines is 2. The average molecular weight is 334 g/mol. The maximum absolute atomic E-state index is 12.6. The molecule has 0 aliphatic rings. The molecule has 1 heterocycles. The lowest BCUT2D eigenvalue weighted by molar-refractivity contribution is 0.0581. The standard InChI is InChI=1S/C16H18N2O4S/c1-16(2,3)22-15(20)18(11-8-6-5-7-9-11)14-17-12(10-23-14)13(19)21-4/h5-10H,1-4H3. The molecule has 0 N–H and O–H groups in total. The molecular formula is C16H18N2O4S. The van der Waals surface area contributed by atoms with Gasteiger partial charge in [-0.15, -0.1) is 11.3 Å². The number of benzene rings is 1. The van der Waals surface area contributed by atoms with E-state index in [9.17, 15) is 9.59 Å². The van der Waals surface area contributed by atoms with Gasteiger partial charge in [-0.1, -0.05) is 18.2 Å². The molecule has 0 saturated carbocycles. The molecule has 1 aromatic heterocycles. The number of methoxy groups -OCH3 is 1. The molecule has 7 heteroatoms. The zero-order valence-electron chi connectivity index (χ0n) is 13.4. The normalized spacial score (nSPS) is 11.0. The highest BCUT2D eigenvalue weighted by molar-refractivity contribution is 7.14. The molecule has 0 fully saturated rings. The Labute approximate surface area is 138 Å². The van der Waals surface area contributed by atoms with Crippen molar-refractivity contribution in [2.45, 2.75) is 26.4 Å². The summed E-state index contributed by atoms with van der Waals surface area (Å²) in [5.41, 5.74) is 0.108. The number of para-hydroxylation sites is 1. The van der Waals surface area contributed by atoms with Gasteiger partial charge < -0.3 is 9.47 Å². The fourth-order valence-electron chi connectivity index (χ4n) is 1.74. The van der Waals surface area contributed by atoms with Gasteiger partial charge in [0.15, 0.2) is 10.8 Å². The summed E-state index contributed by atoms with van der Waals surface area (Å²) in [6.07, 6.45) is -0.561. The Morgan fingerprint density at radius 3 is 2.39 bits per heavy atom. The second kappa shape index (κ2) is 6.78. The molecule has 0 atom stereocenters. The van der Waals surface area contributed by atoms with Crippen LogP contribution < -0.4 is 4.90 Å². The molecule has 0 spiro atoms. The highest BCUT2D eigenvalue weighted by Gasteiger charge is 2.27. The molecule has 6 nitrogen and oxygen atoms in total. The number of rotatable bonds is 3. The van der Waals surface area contributed by atoms with E-state index < -0.39 is 17.7 Å². The van der Waals surface area contributed by atoms with Gasteiger partial charge in [0.1, 0.15) is 5.60 Å². The van der Waals surface area contributed by atoms with E-state index in [1.807, 2.05) is 18.2 Å². The van der Waals surface area contributed by atoms with Crippen molar-refractivity contribution < 1.29 is 19.1 Å². The molecular weight excluding hydrogens is 316 g/mol. The summed E-state index contributed by atoms with van der Waals surface area (Å²) in [5, 5.41) is 1.88. The summed E-state index contributed by atoms with van der Waals surface area (Å²) in [6, 6.07) is 8.99. The lowest BCUT2D eigenvalue weighted by Crippen LogP contribution is -2.33. The Bertz CT molecular complexity index is 692. The van der Waals surface area contributed by atoms with Gasteiger partial charge in [0, 0.05) is 5.38 Å². The predicted octanol–water partition coefficient (Wildman–Crippen LogP) is 4.00. The van der Waals surface area contributed by atoms with Gasteiger partial charge in [-0.25, -0.2) is 19.5 Å². The van der Waals surface area contributed by atoms with Crippen molar-refractivity contribution in [2.24, 2.45) is 0 Å². The Hall–Kier alpha value is -2.41.